The van der Waals surface area contributed by atoms with Crippen LogP contribution in [0.25, 0.3) is 0 Å². The number of carbonyl (C=O) groups is 1. The van der Waals surface area contributed by atoms with Crippen LogP contribution in [0, 0.1) is 5.92 Å². The van der Waals surface area contributed by atoms with Crippen molar-refractivity contribution in [1.82, 2.24) is 0 Å². The Balaban J connectivity index is 2.05. The van der Waals surface area contributed by atoms with Crippen LogP contribution < -0.4 is 10.1 Å². The van der Waals surface area contributed by atoms with Gasteiger partial charge in [0.2, 0.25) is 5.91 Å². The Morgan fingerprint density at radius 1 is 1.12 bits per heavy atom. The summed E-state index contributed by atoms with van der Waals surface area (Å²) in [7, 11) is 0. The predicted octanol–water partition coefficient (Wildman–Crippen LogP) is 3.96. The van der Waals surface area contributed by atoms with E-state index in [0.29, 0.717) is 29.5 Å². The zero-order valence-electron chi connectivity index (χ0n) is 14.5. The van der Waals surface area contributed by atoms with E-state index in [1.165, 1.54) is 0 Å². The van der Waals surface area contributed by atoms with E-state index in [1.54, 1.807) is 13.0 Å². The second-order valence-corrected chi connectivity index (χ2v) is 6.57. The number of anilines is 1. The van der Waals surface area contributed by atoms with Crippen molar-refractivity contribution in [3.63, 3.8) is 0 Å². The number of amides is 1. The Bertz CT molecular complexity index is 666. The fourth-order valence-electron chi connectivity index (χ4n) is 2.36. The molecule has 0 aliphatic heterocycles. The van der Waals surface area contributed by atoms with E-state index in [-0.39, 0.29) is 12.3 Å². The van der Waals surface area contributed by atoms with Gasteiger partial charge >= 0.3 is 0 Å². The normalized spacial score (nSPS) is 13.4. The molecule has 0 aromatic heterocycles. The van der Waals surface area contributed by atoms with Gasteiger partial charge in [-0.3, -0.25) is 4.79 Å². The standard InChI is InChI=1S/C20H25NO3/c1-15(2)14-24-18-12-8-7-11-17(18)21-19(22)13-20(3,23)16-9-5-4-6-10-16/h4-12,15,23H,13-14H2,1-3H3,(H,21,22). The Morgan fingerprint density at radius 2 is 1.75 bits per heavy atom. The number of hydrogen-bond donors (Lipinski definition) is 2. The summed E-state index contributed by atoms with van der Waals surface area (Å²) in [6.07, 6.45) is -0.0322. The molecule has 0 radical (unpaired) electrons. The van der Waals surface area contributed by atoms with Crippen molar-refractivity contribution in [2.24, 2.45) is 5.92 Å². The first-order valence-corrected chi connectivity index (χ1v) is 8.18. The number of para-hydroxylation sites is 2. The molecular formula is C20H25NO3. The van der Waals surface area contributed by atoms with Crippen LogP contribution in [-0.4, -0.2) is 17.6 Å². The van der Waals surface area contributed by atoms with Crippen molar-refractivity contribution in [2.45, 2.75) is 32.8 Å². The minimum Gasteiger partial charge on any atom is -0.491 e. The summed E-state index contributed by atoms with van der Waals surface area (Å²) >= 11 is 0. The van der Waals surface area contributed by atoms with Crippen LogP contribution in [0.4, 0.5) is 5.69 Å². The summed E-state index contributed by atoms with van der Waals surface area (Å²) in [5, 5.41) is 13.4. The minimum absolute atomic E-state index is 0.0322. The van der Waals surface area contributed by atoms with E-state index in [0.717, 1.165) is 0 Å². The number of nitrogens with one attached hydrogen (secondary N) is 1. The fourth-order valence-corrected chi connectivity index (χ4v) is 2.36. The fraction of sp³-hybridized carbons (Fsp3) is 0.350. The molecule has 2 N–H and O–H groups in total. The van der Waals surface area contributed by atoms with Gasteiger partial charge in [0.15, 0.2) is 0 Å². The highest BCUT2D eigenvalue weighted by atomic mass is 16.5. The maximum absolute atomic E-state index is 12.4. The van der Waals surface area contributed by atoms with E-state index in [4.69, 9.17) is 4.74 Å². The lowest BCUT2D eigenvalue weighted by atomic mass is 9.92. The molecule has 0 bridgehead atoms. The summed E-state index contributed by atoms with van der Waals surface area (Å²) in [5.41, 5.74) is 0.107. The van der Waals surface area contributed by atoms with Crippen LogP contribution in [0.5, 0.6) is 5.75 Å². The van der Waals surface area contributed by atoms with E-state index in [2.05, 4.69) is 19.2 Å². The van der Waals surface area contributed by atoms with Crippen LogP contribution in [0.3, 0.4) is 0 Å². The highest BCUT2D eigenvalue weighted by Gasteiger charge is 2.26. The largest absolute Gasteiger partial charge is 0.491 e. The third-order valence-electron chi connectivity index (χ3n) is 3.63. The lowest BCUT2D eigenvalue weighted by Crippen LogP contribution is -2.28. The SMILES string of the molecule is CC(C)COc1ccccc1NC(=O)CC(C)(O)c1ccccc1. The molecule has 2 rings (SSSR count). The van der Waals surface area contributed by atoms with Crippen LogP contribution in [0.15, 0.2) is 54.6 Å². The van der Waals surface area contributed by atoms with Crippen LogP contribution in [0.1, 0.15) is 32.8 Å². The third kappa shape index (κ3) is 5.10. The van der Waals surface area contributed by atoms with Crippen molar-refractivity contribution in [2.75, 3.05) is 11.9 Å². The van der Waals surface area contributed by atoms with Crippen molar-refractivity contribution in [1.29, 1.82) is 0 Å². The topological polar surface area (TPSA) is 58.6 Å². The molecule has 1 atom stereocenters. The van der Waals surface area contributed by atoms with Crippen LogP contribution in [-0.2, 0) is 10.4 Å². The summed E-state index contributed by atoms with van der Waals surface area (Å²) in [5.74, 6) is 0.774. The van der Waals surface area contributed by atoms with Crippen LogP contribution >= 0.6 is 0 Å². The monoisotopic (exact) mass is 327 g/mol. The first kappa shape index (κ1) is 18.0. The van der Waals surface area contributed by atoms with Crippen molar-refractivity contribution >= 4 is 11.6 Å². The highest BCUT2D eigenvalue weighted by Crippen LogP contribution is 2.27. The summed E-state index contributed by atoms with van der Waals surface area (Å²) in [6, 6.07) is 16.5. The molecule has 0 aliphatic rings. The Kier molecular flexibility index (Phi) is 5.99. The van der Waals surface area contributed by atoms with Gasteiger partial charge in [-0.25, -0.2) is 0 Å². The van der Waals surface area contributed by atoms with Gasteiger partial charge in [0.25, 0.3) is 0 Å². The van der Waals surface area contributed by atoms with Crippen molar-refractivity contribution in [3.8, 4) is 5.75 Å². The Hall–Kier alpha value is -2.33. The van der Waals surface area contributed by atoms with Gasteiger partial charge in [0, 0.05) is 0 Å². The molecule has 0 saturated heterocycles. The zero-order valence-corrected chi connectivity index (χ0v) is 14.5. The molecule has 0 aliphatic carbocycles. The average Bonchev–Trinajstić information content (AvgIpc) is 2.54. The van der Waals surface area contributed by atoms with Gasteiger partial charge in [0.05, 0.1) is 24.3 Å². The molecule has 2 aromatic carbocycles. The predicted molar refractivity (Wildman–Crippen MR) is 96.0 cm³/mol. The molecule has 2 aromatic rings. The minimum atomic E-state index is -1.22. The number of ether oxygens (including phenoxy) is 1. The maximum Gasteiger partial charge on any atom is 0.227 e. The number of hydrogen-bond acceptors (Lipinski definition) is 3. The molecule has 1 amide bonds. The summed E-state index contributed by atoms with van der Waals surface area (Å²) in [6.45, 7) is 6.36. The van der Waals surface area contributed by atoms with Gasteiger partial charge < -0.3 is 15.2 Å². The van der Waals surface area contributed by atoms with Gasteiger partial charge in [0.1, 0.15) is 5.75 Å². The maximum atomic E-state index is 12.4. The second-order valence-electron chi connectivity index (χ2n) is 6.57. The average molecular weight is 327 g/mol. The number of benzene rings is 2. The van der Waals surface area contributed by atoms with Gasteiger partial charge in [-0.05, 0) is 30.5 Å². The zero-order chi connectivity index (χ0) is 17.6. The van der Waals surface area contributed by atoms with Crippen LogP contribution in [0.2, 0.25) is 0 Å². The van der Waals surface area contributed by atoms with E-state index >= 15 is 0 Å². The molecule has 4 heteroatoms. The molecule has 0 fully saturated rings. The van der Waals surface area contributed by atoms with E-state index in [9.17, 15) is 9.90 Å². The quantitative estimate of drug-likeness (QED) is 0.809. The molecule has 4 nitrogen and oxygen atoms in total. The molecule has 128 valence electrons. The van der Waals surface area contributed by atoms with Gasteiger partial charge in [-0.1, -0.05) is 56.3 Å². The Morgan fingerprint density at radius 3 is 2.42 bits per heavy atom. The number of rotatable bonds is 7. The molecule has 1 unspecified atom stereocenters. The lowest BCUT2D eigenvalue weighted by Gasteiger charge is -2.23. The van der Waals surface area contributed by atoms with Gasteiger partial charge in [-0.15, -0.1) is 0 Å². The van der Waals surface area contributed by atoms with Gasteiger partial charge in [-0.2, -0.15) is 0 Å². The molecular weight excluding hydrogens is 302 g/mol. The smallest absolute Gasteiger partial charge is 0.227 e. The number of carbonyl (C=O) groups excluding carboxylic acids is 1. The molecule has 0 heterocycles. The number of aliphatic hydroxyl groups is 1. The first-order chi connectivity index (χ1) is 11.4. The highest BCUT2D eigenvalue weighted by molar-refractivity contribution is 5.92. The molecule has 24 heavy (non-hydrogen) atoms. The van der Waals surface area contributed by atoms with Crippen molar-refractivity contribution in [3.05, 3.63) is 60.2 Å². The molecule has 0 spiro atoms. The van der Waals surface area contributed by atoms with Crippen molar-refractivity contribution < 1.29 is 14.6 Å². The lowest BCUT2D eigenvalue weighted by molar-refractivity contribution is -0.120. The third-order valence-corrected chi connectivity index (χ3v) is 3.63. The Labute approximate surface area is 143 Å². The summed E-state index contributed by atoms with van der Waals surface area (Å²) < 4.78 is 5.74. The first-order valence-electron chi connectivity index (χ1n) is 8.18. The van der Waals surface area contributed by atoms with E-state index < -0.39 is 5.60 Å². The second kappa shape index (κ2) is 7.97. The summed E-state index contributed by atoms with van der Waals surface area (Å²) in [4.78, 5) is 12.4. The molecule has 0 saturated carbocycles. The van der Waals surface area contributed by atoms with E-state index in [1.807, 2.05) is 48.5 Å².